The Morgan fingerprint density at radius 1 is 0.718 bits per heavy atom. The predicted octanol–water partition coefficient (Wildman–Crippen LogP) is 7.06. The minimum Gasteiger partial charge on any atom is -0.421 e. The fourth-order valence-electron chi connectivity index (χ4n) is 4.16. The molecule has 0 aliphatic carbocycles. The van der Waals surface area contributed by atoms with Crippen LogP contribution in [0, 0.1) is 6.92 Å². The Morgan fingerprint density at radius 2 is 1.26 bits per heavy atom. The van der Waals surface area contributed by atoms with Crippen molar-refractivity contribution in [3.63, 3.8) is 0 Å². The molecule has 5 rings (SSSR count). The zero-order valence-corrected chi connectivity index (χ0v) is 22.3. The third-order valence-corrected chi connectivity index (χ3v) is 8.11. The van der Waals surface area contributed by atoms with Crippen molar-refractivity contribution in [2.24, 2.45) is 0 Å². The van der Waals surface area contributed by atoms with Crippen LogP contribution in [0.25, 0.3) is 10.8 Å². The molecule has 0 radical (unpaired) electrons. The summed E-state index contributed by atoms with van der Waals surface area (Å²) in [6.45, 7) is 1.84. The number of amides is 1. The molecule has 5 aromatic rings. The van der Waals surface area contributed by atoms with Gasteiger partial charge in [0.2, 0.25) is 0 Å². The highest BCUT2D eigenvalue weighted by Gasteiger charge is 2.34. The van der Waals surface area contributed by atoms with Crippen molar-refractivity contribution in [3.8, 4) is 5.75 Å². The number of hydrogen-bond donors (Lipinski definition) is 0. The Hall–Kier alpha value is -4.46. The van der Waals surface area contributed by atoms with Gasteiger partial charge < -0.3 is 4.74 Å². The lowest BCUT2D eigenvalue weighted by molar-refractivity contribution is 0.0737. The molecule has 39 heavy (non-hydrogen) atoms. The third-order valence-electron chi connectivity index (χ3n) is 6.12. The van der Waals surface area contributed by atoms with E-state index < -0.39 is 21.9 Å². The monoisotopic (exact) mass is 555 g/mol. The van der Waals surface area contributed by atoms with Gasteiger partial charge in [-0.15, -0.1) is 0 Å². The maximum atomic E-state index is 14.0. The number of benzene rings is 5. The van der Waals surface area contributed by atoms with E-state index in [4.69, 9.17) is 16.3 Å². The molecule has 1 amide bonds. The second-order valence-corrected chi connectivity index (χ2v) is 11.0. The van der Waals surface area contributed by atoms with Crippen molar-refractivity contribution in [2.45, 2.75) is 11.8 Å². The van der Waals surface area contributed by atoms with Crippen molar-refractivity contribution in [3.05, 3.63) is 137 Å². The van der Waals surface area contributed by atoms with Gasteiger partial charge in [0.1, 0.15) is 0 Å². The number of esters is 1. The molecule has 0 atom stereocenters. The summed E-state index contributed by atoms with van der Waals surface area (Å²) in [5.74, 6) is -1.32. The van der Waals surface area contributed by atoms with E-state index >= 15 is 0 Å². The van der Waals surface area contributed by atoms with Crippen molar-refractivity contribution in [1.82, 2.24) is 0 Å². The molecule has 0 bridgehead atoms. The van der Waals surface area contributed by atoms with E-state index in [0.29, 0.717) is 16.3 Å². The number of anilines is 1. The van der Waals surface area contributed by atoms with E-state index in [9.17, 15) is 18.0 Å². The number of aryl methyl sites for hydroxylation is 1. The molecule has 0 saturated heterocycles. The maximum absolute atomic E-state index is 14.0. The van der Waals surface area contributed by atoms with Crippen LogP contribution in [0.15, 0.2) is 120 Å². The Balaban J connectivity index is 1.71. The number of hydrogen-bond acceptors (Lipinski definition) is 5. The molecule has 0 aliphatic heterocycles. The van der Waals surface area contributed by atoms with Gasteiger partial charge in [0.25, 0.3) is 15.9 Å². The molecule has 0 heterocycles. The Bertz CT molecular complexity index is 1790. The smallest absolute Gasteiger partial charge is 0.343 e. The minimum absolute atomic E-state index is 0.0297. The van der Waals surface area contributed by atoms with E-state index in [1.807, 2.05) is 6.92 Å². The van der Waals surface area contributed by atoms with Crippen molar-refractivity contribution in [2.75, 3.05) is 4.31 Å². The largest absolute Gasteiger partial charge is 0.421 e. The van der Waals surface area contributed by atoms with Crippen LogP contribution in [-0.4, -0.2) is 20.3 Å². The molecule has 0 unspecified atom stereocenters. The third kappa shape index (κ3) is 5.14. The summed E-state index contributed by atoms with van der Waals surface area (Å²) >= 11 is 6.64. The number of nitrogens with zero attached hydrogens (tertiary/aromatic N) is 1. The Morgan fingerprint density at radius 3 is 1.87 bits per heavy atom. The lowest BCUT2D eigenvalue weighted by Gasteiger charge is -2.25. The quantitative estimate of drug-likeness (QED) is 0.165. The first-order chi connectivity index (χ1) is 18.8. The lowest BCUT2D eigenvalue weighted by Crippen LogP contribution is -2.37. The van der Waals surface area contributed by atoms with Crippen LogP contribution in [0.4, 0.5) is 5.69 Å². The second-order valence-electron chi connectivity index (χ2n) is 8.76. The predicted molar refractivity (Wildman–Crippen MR) is 152 cm³/mol. The first-order valence-electron chi connectivity index (χ1n) is 12.0. The molecular formula is C31H22ClNO5S. The summed E-state index contributed by atoms with van der Waals surface area (Å²) in [6.07, 6.45) is 0. The van der Waals surface area contributed by atoms with Gasteiger partial charge in [-0.3, -0.25) is 4.79 Å². The SMILES string of the molecule is Cc1ccc(S(=O)(=O)N(C(=O)c2ccccc2)c2cc(Cl)c(OC(=O)c3ccccc3)c3ccccc23)cc1. The summed E-state index contributed by atoms with van der Waals surface area (Å²) in [7, 11) is -4.39. The maximum Gasteiger partial charge on any atom is 0.343 e. The normalized spacial score (nSPS) is 11.2. The number of rotatable bonds is 6. The van der Waals surface area contributed by atoms with Gasteiger partial charge in [-0.1, -0.05) is 90.0 Å². The lowest BCUT2D eigenvalue weighted by atomic mass is 10.1. The molecule has 5 aromatic carbocycles. The fraction of sp³-hybridized carbons (Fsp3) is 0.0323. The number of ether oxygens (including phenoxy) is 1. The van der Waals surface area contributed by atoms with E-state index in [1.165, 1.54) is 18.2 Å². The van der Waals surface area contributed by atoms with Crippen LogP contribution in [-0.2, 0) is 10.0 Å². The van der Waals surface area contributed by atoms with Gasteiger partial charge >= 0.3 is 5.97 Å². The number of carbonyl (C=O) groups excluding carboxylic acids is 2. The summed E-state index contributed by atoms with van der Waals surface area (Å²) < 4.78 is 34.5. The van der Waals surface area contributed by atoms with Crippen molar-refractivity contribution < 1.29 is 22.7 Å². The van der Waals surface area contributed by atoms with Crippen LogP contribution < -0.4 is 9.04 Å². The van der Waals surface area contributed by atoms with Crippen LogP contribution in [0.3, 0.4) is 0 Å². The second kappa shape index (κ2) is 10.7. The van der Waals surface area contributed by atoms with Gasteiger partial charge in [-0.2, -0.15) is 4.31 Å². The van der Waals surface area contributed by atoms with E-state index in [-0.39, 0.29) is 26.9 Å². The topological polar surface area (TPSA) is 80.8 Å². The zero-order valence-electron chi connectivity index (χ0n) is 20.7. The fourth-order valence-corrected chi connectivity index (χ4v) is 5.82. The van der Waals surface area contributed by atoms with E-state index in [1.54, 1.807) is 97.1 Å². The molecule has 0 saturated carbocycles. The minimum atomic E-state index is -4.39. The van der Waals surface area contributed by atoms with Crippen LogP contribution in [0.2, 0.25) is 5.02 Å². The highest BCUT2D eigenvalue weighted by atomic mass is 35.5. The molecule has 0 fully saturated rings. The average Bonchev–Trinajstić information content (AvgIpc) is 2.96. The summed E-state index contributed by atoms with van der Waals surface area (Å²) in [5.41, 5.74) is 1.40. The highest BCUT2D eigenvalue weighted by Crippen LogP contribution is 2.42. The molecule has 0 aromatic heterocycles. The Labute approximate surface area is 231 Å². The van der Waals surface area contributed by atoms with Crippen molar-refractivity contribution in [1.29, 1.82) is 0 Å². The van der Waals surface area contributed by atoms with Gasteiger partial charge in [0.15, 0.2) is 5.75 Å². The highest BCUT2D eigenvalue weighted by molar-refractivity contribution is 7.93. The average molecular weight is 556 g/mol. The van der Waals surface area contributed by atoms with Crippen LogP contribution >= 0.6 is 11.6 Å². The standard InChI is InChI=1S/C31H22ClNO5S/c1-21-16-18-24(19-17-21)39(36,37)33(30(34)22-10-4-2-5-11-22)28-20-27(32)29(26-15-9-8-14-25(26)28)38-31(35)23-12-6-3-7-13-23/h2-20H,1H3. The molecule has 0 aliphatic rings. The van der Waals surface area contributed by atoms with Crippen molar-refractivity contribution >= 4 is 50.0 Å². The van der Waals surface area contributed by atoms with Gasteiger partial charge in [0, 0.05) is 16.3 Å². The first kappa shape index (κ1) is 26.2. The molecular weight excluding hydrogens is 534 g/mol. The summed E-state index contributed by atoms with van der Waals surface area (Å²) in [6, 6.07) is 30.8. The van der Waals surface area contributed by atoms with Gasteiger partial charge in [-0.05, 0) is 49.4 Å². The molecule has 8 heteroatoms. The Kier molecular flexibility index (Phi) is 7.19. The van der Waals surface area contributed by atoms with Crippen LogP contribution in [0.5, 0.6) is 5.75 Å². The van der Waals surface area contributed by atoms with E-state index in [2.05, 4.69) is 0 Å². The zero-order chi connectivity index (χ0) is 27.6. The summed E-state index contributed by atoms with van der Waals surface area (Å²) in [4.78, 5) is 26.6. The van der Waals surface area contributed by atoms with Crippen LogP contribution in [0.1, 0.15) is 26.3 Å². The van der Waals surface area contributed by atoms with E-state index in [0.717, 1.165) is 9.87 Å². The molecule has 6 nitrogen and oxygen atoms in total. The van der Waals surface area contributed by atoms with Gasteiger partial charge in [0.05, 0.1) is 21.2 Å². The first-order valence-corrected chi connectivity index (χ1v) is 13.8. The molecule has 0 N–H and O–H groups in total. The number of carbonyl (C=O) groups is 2. The van der Waals surface area contributed by atoms with Gasteiger partial charge in [-0.25, -0.2) is 13.2 Å². The molecule has 194 valence electrons. The number of halogens is 1. The number of fused-ring (bicyclic) bond motifs is 1. The summed E-state index contributed by atoms with van der Waals surface area (Å²) in [5, 5.41) is 0.699. The number of sulfonamides is 1. The molecule has 0 spiro atoms.